The van der Waals surface area contributed by atoms with Crippen molar-refractivity contribution in [1.29, 1.82) is 0 Å². The van der Waals surface area contributed by atoms with Crippen LogP contribution in [0.5, 0.6) is 17.2 Å². The predicted molar refractivity (Wildman–Crippen MR) is 91.8 cm³/mol. The van der Waals surface area contributed by atoms with Crippen molar-refractivity contribution in [3.05, 3.63) is 52.6 Å². The van der Waals surface area contributed by atoms with Gasteiger partial charge in [0.15, 0.2) is 6.29 Å². The van der Waals surface area contributed by atoms with Gasteiger partial charge in [0.2, 0.25) is 5.78 Å². The van der Waals surface area contributed by atoms with E-state index in [1.54, 1.807) is 4.90 Å². The lowest BCUT2D eigenvalue weighted by molar-refractivity contribution is 0.0791. The molecular weight excluding hydrogens is 338 g/mol. The van der Waals surface area contributed by atoms with Crippen LogP contribution in [0.1, 0.15) is 49.5 Å². The maximum atomic E-state index is 12.7. The average molecular weight is 355 g/mol. The van der Waals surface area contributed by atoms with Crippen molar-refractivity contribution >= 4 is 18.0 Å². The third-order valence-corrected chi connectivity index (χ3v) is 4.39. The molecule has 0 spiro atoms. The molecule has 7 heteroatoms. The lowest BCUT2D eigenvalue weighted by atomic mass is 9.94. The molecule has 1 saturated heterocycles. The molecule has 0 aromatic heterocycles. The van der Waals surface area contributed by atoms with Crippen molar-refractivity contribution < 1.29 is 29.7 Å². The molecule has 3 rings (SSSR count). The van der Waals surface area contributed by atoms with E-state index in [0.29, 0.717) is 19.4 Å². The fourth-order valence-electron chi connectivity index (χ4n) is 3.10. The molecular formula is C19H17NO6. The van der Waals surface area contributed by atoms with Crippen LogP contribution in [0.2, 0.25) is 0 Å². The van der Waals surface area contributed by atoms with Gasteiger partial charge in [-0.2, -0.15) is 0 Å². The van der Waals surface area contributed by atoms with E-state index in [2.05, 4.69) is 0 Å². The van der Waals surface area contributed by atoms with Crippen LogP contribution in [0.25, 0.3) is 0 Å². The molecule has 0 saturated carbocycles. The zero-order valence-corrected chi connectivity index (χ0v) is 13.8. The van der Waals surface area contributed by atoms with Gasteiger partial charge in [0.1, 0.15) is 22.8 Å². The van der Waals surface area contributed by atoms with Gasteiger partial charge in [0.05, 0.1) is 5.56 Å². The van der Waals surface area contributed by atoms with E-state index in [1.165, 1.54) is 24.3 Å². The molecule has 26 heavy (non-hydrogen) atoms. The highest BCUT2D eigenvalue weighted by Gasteiger charge is 2.27. The average Bonchev–Trinajstić information content (AvgIpc) is 3.14. The highest BCUT2D eigenvalue weighted by molar-refractivity contribution is 6.17. The number of carbonyl (C=O) groups excluding carboxylic acids is 3. The zero-order valence-electron chi connectivity index (χ0n) is 13.8. The molecule has 0 unspecified atom stereocenters. The number of carbonyl (C=O) groups is 3. The fraction of sp³-hybridized carbons (Fsp3) is 0.211. The van der Waals surface area contributed by atoms with Crippen molar-refractivity contribution in [3.63, 3.8) is 0 Å². The first-order valence-corrected chi connectivity index (χ1v) is 8.11. The Morgan fingerprint density at radius 1 is 0.923 bits per heavy atom. The molecule has 1 aliphatic rings. The number of benzene rings is 2. The van der Waals surface area contributed by atoms with Crippen LogP contribution in [-0.2, 0) is 0 Å². The summed E-state index contributed by atoms with van der Waals surface area (Å²) in [5.74, 6) is -2.78. The summed E-state index contributed by atoms with van der Waals surface area (Å²) in [6.45, 7) is 1.20. The Balaban J connectivity index is 2.07. The third-order valence-electron chi connectivity index (χ3n) is 4.39. The Bertz CT molecular complexity index is 879. The van der Waals surface area contributed by atoms with Crippen LogP contribution in [0.4, 0.5) is 0 Å². The second-order valence-electron chi connectivity index (χ2n) is 6.08. The molecule has 3 N–H and O–H groups in total. The summed E-state index contributed by atoms with van der Waals surface area (Å²) in [6.07, 6.45) is 2.13. The third kappa shape index (κ3) is 2.99. The summed E-state index contributed by atoms with van der Waals surface area (Å²) in [7, 11) is 0. The maximum absolute atomic E-state index is 12.7. The van der Waals surface area contributed by atoms with Gasteiger partial charge in [-0.3, -0.25) is 14.4 Å². The first-order chi connectivity index (χ1) is 12.4. The lowest BCUT2D eigenvalue weighted by Crippen LogP contribution is -2.27. The summed E-state index contributed by atoms with van der Waals surface area (Å²) in [5.41, 5.74) is -0.899. The summed E-state index contributed by atoms with van der Waals surface area (Å²) in [4.78, 5) is 38.2. The molecule has 134 valence electrons. The molecule has 7 nitrogen and oxygen atoms in total. The molecule has 1 heterocycles. The molecule has 0 radical (unpaired) electrons. The molecule has 0 atom stereocenters. The van der Waals surface area contributed by atoms with E-state index < -0.39 is 28.6 Å². The molecule has 2 aromatic rings. The number of ketones is 1. The molecule has 0 aliphatic carbocycles. The molecule has 0 bridgehead atoms. The van der Waals surface area contributed by atoms with Crippen LogP contribution < -0.4 is 0 Å². The first kappa shape index (κ1) is 17.5. The predicted octanol–water partition coefficient (Wildman–Crippen LogP) is 2.08. The van der Waals surface area contributed by atoms with E-state index in [9.17, 15) is 29.7 Å². The van der Waals surface area contributed by atoms with Gasteiger partial charge >= 0.3 is 0 Å². The summed E-state index contributed by atoms with van der Waals surface area (Å²) >= 11 is 0. The number of aromatic hydroxyl groups is 3. The van der Waals surface area contributed by atoms with Crippen LogP contribution >= 0.6 is 0 Å². The van der Waals surface area contributed by atoms with E-state index in [1.807, 2.05) is 0 Å². The number of hydrogen-bond donors (Lipinski definition) is 3. The quantitative estimate of drug-likeness (QED) is 0.571. The minimum atomic E-state index is -0.916. The van der Waals surface area contributed by atoms with E-state index in [4.69, 9.17) is 0 Å². The highest BCUT2D eigenvalue weighted by atomic mass is 16.3. The molecule has 2 aromatic carbocycles. The van der Waals surface area contributed by atoms with Gasteiger partial charge in [-0.15, -0.1) is 0 Å². The number of rotatable bonds is 4. The van der Waals surface area contributed by atoms with E-state index in [0.717, 1.165) is 18.9 Å². The zero-order chi connectivity index (χ0) is 18.8. The summed E-state index contributed by atoms with van der Waals surface area (Å²) in [6, 6.07) is 6.11. The van der Waals surface area contributed by atoms with E-state index >= 15 is 0 Å². The van der Waals surface area contributed by atoms with Gasteiger partial charge in [-0.05, 0) is 37.1 Å². The number of phenols is 3. The second kappa shape index (κ2) is 6.87. The number of likely N-dealkylation sites (tertiary alicyclic amines) is 1. The molecule has 1 aliphatic heterocycles. The number of aldehydes is 1. The van der Waals surface area contributed by atoms with E-state index in [-0.39, 0.29) is 22.6 Å². The summed E-state index contributed by atoms with van der Waals surface area (Å²) in [5, 5.41) is 30.0. The second-order valence-corrected chi connectivity index (χ2v) is 6.08. The number of nitrogens with zero attached hydrogens (tertiary/aromatic N) is 1. The van der Waals surface area contributed by atoms with Gasteiger partial charge < -0.3 is 20.2 Å². The lowest BCUT2D eigenvalue weighted by Gasteiger charge is -2.17. The Morgan fingerprint density at radius 2 is 1.54 bits per heavy atom. The van der Waals surface area contributed by atoms with Crippen molar-refractivity contribution in [3.8, 4) is 17.2 Å². The smallest absolute Gasteiger partial charge is 0.254 e. The Hall–Kier alpha value is -3.35. The van der Waals surface area contributed by atoms with Crippen LogP contribution in [0.15, 0.2) is 30.3 Å². The Morgan fingerprint density at radius 3 is 2.12 bits per heavy atom. The van der Waals surface area contributed by atoms with Crippen LogP contribution in [0, 0.1) is 0 Å². The Kier molecular flexibility index (Phi) is 4.62. The fourth-order valence-corrected chi connectivity index (χ4v) is 3.10. The normalized spacial score (nSPS) is 13.6. The van der Waals surface area contributed by atoms with Crippen molar-refractivity contribution in [2.24, 2.45) is 0 Å². The largest absolute Gasteiger partial charge is 0.507 e. The van der Waals surface area contributed by atoms with Crippen molar-refractivity contribution in [2.75, 3.05) is 13.1 Å². The number of phenolic OH excluding ortho intramolecular Hbond substituents is 3. The van der Waals surface area contributed by atoms with Crippen molar-refractivity contribution in [2.45, 2.75) is 12.8 Å². The minimum Gasteiger partial charge on any atom is -0.507 e. The van der Waals surface area contributed by atoms with Crippen LogP contribution in [0.3, 0.4) is 0 Å². The summed E-state index contributed by atoms with van der Waals surface area (Å²) < 4.78 is 0. The monoisotopic (exact) mass is 355 g/mol. The van der Waals surface area contributed by atoms with Crippen LogP contribution in [-0.4, -0.2) is 51.3 Å². The Labute approximate surface area is 149 Å². The molecule has 1 fully saturated rings. The van der Waals surface area contributed by atoms with Gasteiger partial charge in [-0.1, -0.05) is 6.07 Å². The first-order valence-electron chi connectivity index (χ1n) is 8.11. The standard InChI is InChI=1S/C19H17NO6/c21-10-12-8-11(19(26)20-6-1-2-7-20)9-15(24)16(12)18(25)17-13(22)4-3-5-14(17)23/h3-5,8-10,22-24H,1-2,6-7H2. The highest BCUT2D eigenvalue weighted by Crippen LogP contribution is 2.33. The maximum Gasteiger partial charge on any atom is 0.254 e. The van der Waals surface area contributed by atoms with Gasteiger partial charge in [0, 0.05) is 24.2 Å². The SMILES string of the molecule is O=Cc1cc(C(=O)N2CCCC2)cc(O)c1C(=O)c1c(O)cccc1O. The van der Waals surface area contributed by atoms with Crippen molar-refractivity contribution in [1.82, 2.24) is 4.90 Å². The number of hydrogen-bond acceptors (Lipinski definition) is 6. The van der Waals surface area contributed by atoms with Gasteiger partial charge in [0.25, 0.3) is 5.91 Å². The topological polar surface area (TPSA) is 115 Å². The number of amides is 1. The molecule has 1 amide bonds. The minimum absolute atomic E-state index is 0.101. The van der Waals surface area contributed by atoms with Gasteiger partial charge in [-0.25, -0.2) is 0 Å².